The topological polar surface area (TPSA) is 50.5 Å². The third-order valence-electron chi connectivity index (χ3n) is 4.72. The molecule has 2 aromatic heterocycles. The van der Waals surface area contributed by atoms with E-state index in [1.165, 1.54) is 4.40 Å². The summed E-state index contributed by atoms with van der Waals surface area (Å²) in [6, 6.07) is 9.95. The van der Waals surface area contributed by atoms with E-state index in [-0.39, 0.29) is 21.7 Å². The lowest BCUT2D eigenvalue weighted by Gasteiger charge is -2.22. The lowest BCUT2D eigenvalue weighted by Crippen LogP contribution is -2.31. The Morgan fingerprint density at radius 2 is 1.83 bits per heavy atom. The molecular weight excluding hydrogens is 425 g/mol. The molecule has 4 rings (SSSR count). The van der Waals surface area contributed by atoms with Gasteiger partial charge in [-0.1, -0.05) is 53.7 Å². The van der Waals surface area contributed by atoms with Crippen molar-refractivity contribution in [1.82, 2.24) is 19.5 Å². The van der Waals surface area contributed by atoms with Crippen LogP contribution in [-0.2, 0) is 11.0 Å². The quantitative estimate of drug-likeness (QED) is 0.544. The van der Waals surface area contributed by atoms with E-state index in [1.54, 1.807) is 4.90 Å². The zero-order valence-electron chi connectivity index (χ0n) is 15.1. The van der Waals surface area contributed by atoms with E-state index in [0.29, 0.717) is 13.1 Å². The van der Waals surface area contributed by atoms with Crippen molar-refractivity contribution >= 4 is 34.9 Å². The first-order valence-corrected chi connectivity index (χ1v) is 10.2. The Labute approximate surface area is 173 Å². The SMILES string of the molecule is O=C([C@@H](Sc1nnc2c(Cl)cc(C(F)(F)F)cn12)c1ccccc1)N1CCCC1. The van der Waals surface area contributed by atoms with Gasteiger partial charge in [0, 0.05) is 19.3 Å². The molecule has 1 aromatic carbocycles. The number of rotatable bonds is 4. The van der Waals surface area contributed by atoms with Crippen LogP contribution >= 0.6 is 23.4 Å². The van der Waals surface area contributed by atoms with Gasteiger partial charge in [0.25, 0.3) is 0 Å². The van der Waals surface area contributed by atoms with Crippen LogP contribution in [0.15, 0.2) is 47.8 Å². The number of thioether (sulfide) groups is 1. The molecule has 1 saturated heterocycles. The van der Waals surface area contributed by atoms with Crippen molar-refractivity contribution in [2.45, 2.75) is 29.4 Å². The Bertz CT molecular complexity index is 1040. The first-order chi connectivity index (χ1) is 13.8. The fourth-order valence-electron chi connectivity index (χ4n) is 3.27. The summed E-state index contributed by atoms with van der Waals surface area (Å²) < 4.78 is 40.8. The fraction of sp³-hybridized carbons (Fsp3) is 0.316. The Balaban J connectivity index is 1.75. The highest BCUT2D eigenvalue weighted by Gasteiger charge is 2.34. The molecule has 5 nitrogen and oxygen atoms in total. The van der Waals surface area contributed by atoms with Gasteiger partial charge >= 0.3 is 6.18 Å². The number of carbonyl (C=O) groups is 1. The number of likely N-dealkylation sites (tertiary alicyclic amines) is 1. The van der Waals surface area contributed by atoms with Gasteiger partial charge < -0.3 is 4.90 Å². The molecule has 0 bridgehead atoms. The number of fused-ring (bicyclic) bond motifs is 1. The second-order valence-corrected chi connectivity index (χ2v) is 8.17. The number of hydrogen-bond acceptors (Lipinski definition) is 4. The van der Waals surface area contributed by atoms with Crippen molar-refractivity contribution in [3.8, 4) is 0 Å². The van der Waals surface area contributed by atoms with Crippen molar-refractivity contribution < 1.29 is 18.0 Å². The number of alkyl halides is 3. The standard InChI is InChI=1S/C19H16ClF3N4OS/c20-14-10-13(19(21,22)23)11-27-16(14)24-25-18(27)29-15(12-6-2-1-3-7-12)17(28)26-8-4-5-9-26/h1-3,6-7,10-11,15H,4-5,8-9H2/t15-/m0/s1. The summed E-state index contributed by atoms with van der Waals surface area (Å²) >= 11 is 7.07. The molecule has 1 fully saturated rings. The van der Waals surface area contributed by atoms with Crippen molar-refractivity contribution in [3.05, 3.63) is 58.7 Å². The number of benzene rings is 1. The minimum Gasteiger partial charge on any atom is -0.341 e. The Hall–Kier alpha value is -2.26. The molecule has 1 atom stereocenters. The Morgan fingerprint density at radius 1 is 1.14 bits per heavy atom. The highest BCUT2D eigenvalue weighted by Crippen LogP contribution is 2.39. The maximum absolute atomic E-state index is 13.2. The largest absolute Gasteiger partial charge is 0.417 e. The molecular formula is C19H16ClF3N4OS. The number of nitrogens with zero attached hydrogens (tertiary/aromatic N) is 4. The first-order valence-electron chi connectivity index (χ1n) is 8.96. The van der Waals surface area contributed by atoms with Crippen molar-refractivity contribution in [3.63, 3.8) is 0 Å². The maximum atomic E-state index is 13.2. The van der Waals surface area contributed by atoms with Gasteiger partial charge in [0.2, 0.25) is 5.91 Å². The monoisotopic (exact) mass is 440 g/mol. The van der Waals surface area contributed by atoms with Crippen LogP contribution in [0.1, 0.15) is 29.2 Å². The molecule has 10 heteroatoms. The minimum atomic E-state index is -4.56. The van der Waals surface area contributed by atoms with Gasteiger partial charge in [-0.3, -0.25) is 9.20 Å². The highest BCUT2D eigenvalue weighted by atomic mass is 35.5. The van der Waals surface area contributed by atoms with E-state index in [9.17, 15) is 18.0 Å². The van der Waals surface area contributed by atoms with Gasteiger partial charge in [0.05, 0.1) is 10.6 Å². The van der Waals surface area contributed by atoms with Crippen LogP contribution in [0.4, 0.5) is 13.2 Å². The third-order valence-corrected chi connectivity index (χ3v) is 6.20. The van der Waals surface area contributed by atoms with Gasteiger partial charge in [0.1, 0.15) is 5.25 Å². The molecule has 0 radical (unpaired) electrons. The molecule has 1 amide bonds. The second kappa shape index (κ2) is 7.87. The zero-order valence-corrected chi connectivity index (χ0v) is 16.6. The predicted octanol–water partition coefficient (Wildman–Crippen LogP) is 4.86. The van der Waals surface area contributed by atoms with Gasteiger partial charge in [-0.15, -0.1) is 10.2 Å². The van der Waals surface area contributed by atoms with Crippen molar-refractivity contribution in [2.24, 2.45) is 0 Å². The molecule has 3 heterocycles. The van der Waals surface area contributed by atoms with E-state index in [2.05, 4.69) is 10.2 Å². The predicted molar refractivity (Wildman–Crippen MR) is 104 cm³/mol. The van der Waals surface area contributed by atoms with Crippen LogP contribution in [0.3, 0.4) is 0 Å². The highest BCUT2D eigenvalue weighted by molar-refractivity contribution is 8.00. The van der Waals surface area contributed by atoms with E-state index in [4.69, 9.17) is 11.6 Å². The van der Waals surface area contributed by atoms with E-state index in [0.717, 1.165) is 42.4 Å². The van der Waals surface area contributed by atoms with E-state index in [1.807, 2.05) is 30.3 Å². The maximum Gasteiger partial charge on any atom is 0.417 e. The molecule has 0 spiro atoms. The van der Waals surface area contributed by atoms with Crippen LogP contribution in [0, 0.1) is 0 Å². The third kappa shape index (κ3) is 4.06. The summed E-state index contributed by atoms with van der Waals surface area (Å²) in [7, 11) is 0. The normalized spacial score (nSPS) is 15.8. The molecule has 0 aliphatic carbocycles. The fourth-order valence-corrected chi connectivity index (χ4v) is 4.61. The van der Waals surface area contributed by atoms with E-state index < -0.39 is 17.0 Å². The van der Waals surface area contributed by atoms with Gasteiger partial charge in [0.15, 0.2) is 10.8 Å². The second-order valence-electron chi connectivity index (χ2n) is 6.69. The molecule has 3 aromatic rings. The van der Waals surface area contributed by atoms with Gasteiger partial charge in [-0.05, 0) is 24.5 Å². The average Bonchev–Trinajstić information content (AvgIpc) is 3.36. The molecule has 0 unspecified atom stereocenters. The summed E-state index contributed by atoms with van der Waals surface area (Å²) in [4.78, 5) is 14.9. The number of hydrogen-bond donors (Lipinski definition) is 0. The molecule has 152 valence electrons. The smallest absolute Gasteiger partial charge is 0.341 e. The molecule has 29 heavy (non-hydrogen) atoms. The van der Waals surface area contributed by atoms with Crippen molar-refractivity contribution in [2.75, 3.05) is 13.1 Å². The van der Waals surface area contributed by atoms with E-state index >= 15 is 0 Å². The number of carbonyl (C=O) groups excluding carboxylic acids is 1. The summed E-state index contributed by atoms with van der Waals surface area (Å²) in [5.41, 5.74) is -0.0365. The van der Waals surface area contributed by atoms with Gasteiger partial charge in [-0.25, -0.2) is 0 Å². The summed E-state index contributed by atoms with van der Waals surface area (Å²) in [6.45, 7) is 1.35. The van der Waals surface area contributed by atoms with Crippen molar-refractivity contribution in [1.29, 1.82) is 0 Å². The lowest BCUT2D eigenvalue weighted by atomic mass is 10.1. The summed E-state index contributed by atoms with van der Waals surface area (Å²) in [6.07, 6.45) is -1.77. The number of halogens is 4. The minimum absolute atomic E-state index is 0.0893. The van der Waals surface area contributed by atoms with Crippen LogP contribution in [-0.4, -0.2) is 38.5 Å². The average molecular weight is 441 g/mol. The van der Waals surface area contributed by atoms with Crippen LogP contribution in [0.25, 0.3) is 5.65 Å². The lowest BCUT2D eigenvalue weighted by molar-refractivity contribution is -0.138. The number of pyridine rings is 1. The molecule has 1 aliphatic rings. The Kier molecular flexibility index (Phi) is 5.44. The summed E-state index contributed by atoms with van der Waals surface area (Å²) in [5.74, 6) is -0.0893. The number of aromatic nitrogens is 3. The first kappa shape index (κ1) is 20.0. The number of amides is 1. The Morgan fingerprint density at radius 3 is 2.48 bits per heavy atom. The van der Waals surface area contributed by atoms with Crippen LogP contribution in [0.5, 0.6) is 0 Å². The van der Waals surface area contributed by atoms with Gasteiger partial charge in [-0.2, -0.15) is 13.2 Å². The van der Waals surface area contributed by atoms with Crippen LogP contribution < -0.4 is 0 Å². The molecule has 0 saturated carbocycles. The molecule has 0 N–H and O–H groups in total. The summed E-state index contributed by atoms with van der Waals surface area (Å²) in [5, 5.41) is 7.30. The zero-order chi connectivity index (χ0) is 20.6. The molecule has 1 aliphatic heterocycles. The van der Waals surface area contributed by atoms with Crippen LogP contribution in [0.2, 0.25) is 5.02 Å².